The summed E-state index contributed by atoms with van der Waals surface area (Å²) >= 11 is 0. The Kier molecular flexibility index (Phi) is 4.33. The molecule has 2 fully saturated rings. The highest BCUT2D eigenvalue weighted by Crippen LogP contribution is 2.51. The number of rotatable bonds is 3. The Morgan fingerprint density at radius 2 is 1.90 bits per heavy atom. The van der Waals surface area contributed by atoms with Gasteiger partial charge in [0.2, 0.25) is 0 Å². The molecule has 2 saturated heterocycles. The Hall–Kier alpha value is -3.25. The SMILES string of the molecule is COc1ccccc1N1CCN(n2c(=O)c3c(n(C)c2=O)[C@@H]2C[C@@H](C#N)[C@H]3O2)CC1. The lowest BCUT2D eigenvalue weighted by Gasteiger charge is -2.38. The molecule has 9 nitrogen and oxygen atoms in total. The van der Waals surface area contributed by atoms with E-state index in [9.17, 15) is 14.9 Å². The summed E-state index contributed by atoms with van der Waals surface area (Å²) in [5.74, 6) is 0.454. The molecule has 9 heteroatoms. The number of hydrogen-bond acceptors (Lipinski definition) is 7. The molecular formula is C21H23N5O4. The summed E-state index contributed by atoms with van der Waals surface area (Å²) < 4.78 is 14.1. The monoisotopic (exact) mass is 409 g/mol. The van der Waals surface area contributed by atoms with Crippen LogP contribution in [-0.2, 0) is 11.8 Å². The molecular weight excluding hydrogens is 386 g/mol. The topological polar surface area (TPSA) is 92.7 Å². The molecule has 0 spiro atoms. The maximum atomic E-state index is 13.3. The minimum absolute atomic E-state index is 0.344. The molecule has 0 saturated carbocycles. The van der Waals surface area contributed by atoms with Crippen LogP contribution in [0.15, 0.2) is 33.9 Å². The van der Waals surface area contributed by atoms with Crippen LogP contribution in [-0.4, -0.2) is 42.5 Å². The maximum Gasteiger partial charge on any atom is 0.350 e. The van der Waals surface area contributed by atoms with Gasteiger partial charge in [0.15, 0.2) is 0 Å². The Bertz CT molecular complexity index is 1160. The summed E-state index contributed by atoms with van der Waals surface area (Å²) in [5, 5.41) is 11.2. The molecule has 0 radical (unpaired) electrons. The molecule has 1 aromatic carbocycles. The molecule has 3 atom stereocenters. The second kappa shape index (κ2) is 6.92. The number of aromatic nitrogens is 2. The van der Waals surface area contributed by atoms with E-state index in [1.807, 2.05) is 24.3 Å². The summed E-state index contributed by atoms with van der Waals surface area (Å²) in [6.07, 6.45) is -0.366. The van der Waals surface area contributed by atoms with E-state index >= 15 is 0 Å². The van der Waals surface area contributed by atoms with Crippen molar-refractivity contribution in [1.82, 2.24) is 9.24 Å². The van der Waals surface area contributed by atoms with Crippen LogP contribution in [0.4, 0.5) is 5.69 Å². The van der Waals surface area contributed by atoms with Gasteiger partial charge >= 0.3 is 5.69 Å². The van der Waals surface area contributed by atoms with Gasteiger partial charge in [-0.1, -0.05) is 12.1 Å². The van der Waals surface area contributed by atoms with Crippen molar-refractivity contribution in [3.63, 3.8) is 0 Å². The van der Waals surface area contributed by atoms with Crippen molar-refractivity contribution in [2.45, 2.75) is 18.6 Å². The van der Waals surface area contributed by atoms with Crippen molar-refractivity contribution >= 4 is 5.69 Å². The summed E-state index contributed by atoms with van der Waals surface area (Å²) in [6.45, 7) is 2.33. The van der Waals surface area contributed by atoms with E-state index in [0.717, 1.165) is 11.4 Å². The third-order valence-electron chi connectivity index (χ3n) is 6.39. The molecule has 0 unspecified atom stereocenters. The van der Waals surface area contributed by atoms with Crippen molar-refractivity contribution in [3.05, 3.63) is 56.4 Å². The Morgan fingerprint density at radius 1 is 1.17 bits per heavy atom. The van der Waals surface area contributed by atoms with Crippen molar-refractivity contribution < 1.29 is 9.47 Å². The fourth-order valence-corrected chi connectivity index (χ4v) is 4.92. The predicted octanol–water partition coefficient (Wildman–Crippen LogP) is 0.670. The molecule has 2 bridgehead atoms. The van der Waals surface area contributed by atoms with Crippen molar-refractivity contribution in [2.24, 2.45) is 13.0 Å². The molecule has 5 rings (SSSR count). The van der Waals surface area contributed by atoms with Gasteiger partial charge in [-0.3, -0.25) is 9.36 Å². The first-order valence-electron chi connectivity index (χ1n) is 10.1. The highest BCUT2D eigenvalue weighted by Gasteiger charge is 2.49. The van der Waals surface area contributed by atoms with Crippen LogP contribution in [0, 0.1) is 17.2 Å². The summed E-state index contributed by atoms with van der Waals surface area (Å²) in [7, 11) is 3.32. The van der Waals surface area contributed by atoms with Crippen molar-refractivity contribution in [2.75, 3.05) is 43.2 Å². The molecule has 4 heterocycles. The number of anilines is 1. The molecule has 2 aromatic rings. The minimum Gasteiger partial charge on any atom is -0.495 e. The lowest BCUT2D eigenvalue weighted by atomic mass is 9.88. The average molecular weight is 409 g/mol. The number of benzene rings is 1. The van der Waals surface area contributed by atoms with Crippen molar-refractivity contribution in [1.29, 1.82) is 5.26 Å². The normalized spacial score (nSPS) is 24.6. The molecule has 156 valence electrons. The zero-order valence-electron chi connectivity index (χ0n) is 16.9. The van der Waals surface area contributed by atoms with Crippen LogP contribution in [0.5, 0.6) is 5.75 Å². The number of methoxy groups -OCH3 is 1. The Labute approximate surface area is 173 Å². The van der Waals surface area contributed by atoms with Gasteiger partial charge in [0.25, 0.3) is 5.56 Å². The summed E-state index contributed by atoms with van der Waals surface area (Å²) in [6, 6.07) is 10.1. The van der Waals surface area contributed by atoms with Crippen LogP contribution < -0.4 is 25.9 Å². The third kappa shape index (κ3) is 2.57. The van der Waals surface area contributed by atoms with E-state index in [2.05, 4.69) is 11.0 Å². The number of para-hydroxylation sites is 2. The van der Waals surface area contributed by atoms with Crippen molar-refractivity contribution in [3.8, 4) is 11.8 Å². The van der Waals surface area contributed by atoms with Gasteiger partial charge in [-0.15, -0.1) is 0 Å². The maximum absolute atomic E-state index is 13.3. The lowest BCUT2D eigenvalue weighted by Crippen LogP contribution is -2.60. The second-order valence-electron chi connectivity index (χ2n) is 7.89. The fourth-order valence-electron chi connectivity index (χ4n) is 4.92. The Balaban J connectivity index is 1.47. The van der Waals surface area contributed by atoms with Crippen LogP contribution >= 0.6 is 0 Å². The van der Waals surface area contributed by atoms with Crippen LogP contribution in [0.2, 0.25) is 0 Å². The van der Waals surface area contributed by atoms with Crippen LogP contribution in [0.3, 0.4) is 0 Å². The van der Waals surface area contributed by atoms with E-state index in [0.29, 0.717) is 43.9 Å². The van der Waals surface area contributed by atoms with E-state index in [4.69, 9.17) is 9.47 Å². The molecule has 30 heavy (non-hydrogen) atoms. The van der Waals surface area contributed by atoms with Gasteiger partial charge in [-0.25, -0.2) is 4.79 Å². The number of nitrogens with zero attached hydrogens (tertiary/aromatic N) is 5. The summed E-state index contributed by atoms with van der Waals surface area (Å²) in [4.78, 5) is 28.6. The number of nitriles is 1. The number of piperazine rings is 1. The first-order chi connectivity index (χ1) is 14.5. The van der Waals surface area contributed by atoms with Crippen LogP contribution in [0.1, 0.15) is 29.9 Å². The average Bonchev–Trinajstić information content (AvgIpc) is 3.37. The number of fused-ring (bicyclic) bond motifs is 5. The molecule has 0 N–H and O–H groups in total. The molecule has 0 amide bonds. The molecule has 3 aliphatic rings. The highest BCUT2D eigenvalue weighted by atomic mass is 16.5. The van der Waals surface area contributed by atoms with E-state index in [1.165, 1.54) is 9.24 Å². The number of hydrogen-bond donors (Lipinski definition) is 0. The van der Waals surface area contributed by atoms with E-state index < -0.39 is 6.10 Å². The van der Waals surface area contributed by atoms with E-state index in [-0.39, 0.29) is 23.3 Å². The minimum atomic E-state index is -0.546. The van der Waals surface area contributed by atoms with Gasteiger partial charge in [-0.05, 0) is 18.6 Å². The van der Waals surface area contributed by atoms with Gasteiger partial charge < -0.3 is 19.4 Å². The lowest BCUT2D eigenvalue weighted by molar-refractivity contribution is 0.0629. The standard InChI is InChI=1S/C21H23N5O4/c1-23-18-16-11-13(12-22)19(30-16)17(18)20(27)26(21(23)28)25-9-7-24(8-10-25)14-5-3-4-6-15(14)29-2/h3-6,13,16,19H,7-11H2,1-2H3/t13-,16-,19+/m0/s1. The Morgan fingerprint density at radius 3 is 2.60 bits per heavy atom. The quantitative estimate of drug-likeness (QED) is 0.736. The van der Waals surface area contributed by atoms with Gasteiger partial charge in [-0.2, -0.15) is 9.94 Å². The predicted molar refractivity (Wildman–Crippen MR) is 109 cm³/mol. The van der Waals surface area contributed by atoms with Gasteiger partial charge in [0, 0.05) is 20.1 Å². The third-order valence-corrected chi connectivity index (χ3v) is 6.39. The fraction of sp³-hybridized carbons (Fsp3) is 0.476. The zero-order chi connectivity index (χ0) is 21.0. The van der Waals surface area contributed by atoms with E-state index in [1.54, 1.807) is 19.2 Å². The smallest absolute Gasteiger partial charge is 0.350 e. The molecule has 1 aromatic heterocycles. The number of ether oxygens (including phenoxy) is 2. The first kappa shape index (κ1) is 18.8. The zero-order valence-corrected chi connectivity index (χ0v) is 16.9. The molecule has 3 aliphatic heterocycles. The largest absolute Gasteiger partial charge is 0.495 e. The van der Waals surface area contributed by atoms with Crippen LogP contribution in [0.25, 0.3) is 0 Å². The first-order valence-corrected chi connectivity index (χ1v) is 10.1. The molecule has 0 aliphatic carbocycles. The summed E-state index contributed by atoms with van der Waals surface area (Å²) in [5.41, 5.74) is 1.37. The second-order valence-corrected chi connectivity index (χ2v) is 7.89. The van der Waals surface area contributed by atoms with Gasteiger partial charge in [0.1, 0.15) is 18.0 Å². The highest BCUT2D eigenvalue weighted by molar-refractivity contribution is 5.59. The van der Waals surface area contributed by atoms with Gasteiger partial charge in [0.05, 0.1) is 49.1 Å².